The van der Waals surface area contributed by atoms with Gasteiger partial charge in [0.1, 0.15) is 0 Å². The molecule has 0 radical (unpaired) electrons. The predicted octanol–water partition coefficient (Wildman–Crippen LogP) is 1.12. The van der Waals surface area contributed by atoms with Gasteiger partial charge in [-0.1, -0.05) is 11.6 Å². The van der Waals surface area contributed by atoms with Crippen LogP contribution >= 0.6 is 11.6 Å². The molecule has 6 heteroatoms. The normalized spacial score (nSPS) is 10.0. The molecule has 0 saturated carbocycles. The molecule has 1 aromatic carbocycles. The molecule has 0 fully saturated rings. The third-order valence-electron chi connectivity index (χ3n) is 2.13. The number of hydrogen-bond donors (Lipinski definition) is 3. The first-order chi connectivity index (χ1) is 8.04. The predicted molar refractivity (Wildman–Crippen MR) is 66.9 cm³/mol. The van der Waals surface area contributed by atoms with Crippen LogP contribution in [0.5, 0.6) is 0 Å². The van der Waals surface area contributed by atoms with Gasteiger partial charge >= 0.3 is 0 Å². The summed E-state index contributed by atoms with van der Waals surface area (Å²) in [5.41, 5.74) is 11.2. The minimum Gasteiger partial charge on any atom is -0.366 e. The molecule has 0 saturated heterocycles. The number of amides is 2. The number of anilines is 1. The SMILES string of the molecule is NCCCC(=O)Nc1ccc(C(N)=O)c(Cl)c1. The molecule has 0 atom stereocenters. The summed E-state index contributed by atoms with van der Waals surface area (Å²) in [6, 6.07) is 4.54. The van der Waals surface area contributed by atoms with Crippen LogP contribution in [0.3, 0.4) is 0 Å². The van der Waals surface area contributed by atoms with Crippen molar-refractivity contribution in [2.75, 3.05) is 11.9 Å². The summed E-state index contributed by atoms with van der Waals surface area (Å²) < 4.78 is 0. The standard InChI is InChI=1S/C11H14ClN3O2/c12-9-6-7(3-4-8(9)11(14)17)15-10(16)2-1-5-13/h3-4,6H,1-2,5,13H2,(H2,14,17)(H,15,16). The van der Waals surface area contributed by atoms with E-state index in [0.717, 1.165) is 0 Å². The summed E-state index contributed by atoms with van der Waals surface area (Å²) in [5.74, 6) is -0.741. The fraction of sp³-hybridized carbons (Fsp3) is 0.273. The second-order valence-corrected chi connectivity index (χ2v) is 3.91. The molecular formula is C11H14ClN3O2. The van der Waals surface area contributed by atoms with Crippen LogP contribution in [0.4, 0.5) is 5.69 Å². The lowest BCUT2D eigenvalue weighted by atomic mass is 10.2. The van der Waals surface area contributed by atoms with Crippen molar-refractivity contribution in [3.63, 3.8) is 0 Å². The largest absolute Gasteiger partial charge is 0.366 e. The minimum atomic E-state index is -0.601. The average molecular weight is 256 g/mol. The van der Waals surface area contributed by atoms with E-state index >= 15 is 0 Å². The summed E-state index contributed by atoms with van der Waals surface area (Å²) in [7, 11) is 0. The molecule has 1 rings (SSSR count). The van der Waals surface area contributed by atoms with E-state index in [2.05, 4.69) is 5.32 Å². The average Bonchev–Trinajstić information content (AvgIpc) is 2.26. The number of rotatable bonds is 5. The topological polar surface area (TPSA) is 98.2 Å². The van der Waals surface area contributed by atoms with Crippen molar-refractivity contribution in [2.24, 2.45) is 11.5 Å². The molecule has 17 heavy (non-hydrogen) atoms. The minimum absolute atomic E-state index is 0.140. The maximum absolute atomic E-state index is 11.4. The second kappa shape index (κ2) is 6.22. The zero-order chi connectivity index (χ0) is 12.8. The number of carbonyl (C=O) groups is 2. The molecule has 0 heterocycles. The van der Waals surface area contributed by atoms with Gasteiger partial charge in [0, 0.05) is 12.1 Å². The highest BCUT2D eigenvalue weighted by atomic mass is 35.5. The molecule has 0 aliphatic rings. The molecule has 5 N–H and O–H groups in total. The second-order valence-electron chi connectivity index (χ2n) is 3.50. The number of benzene rings is 1. The first-order valence-corrected chi connectivity index (χ1v) is 5.51. The highest BCUT2D eigenvalue weighted by molar-refractivity contribution is 6.34. The number of halogens is 1. The van der Waals surface area contributed by atoms with Crippen LogP contribution in [0.2, 0.25) is 5.02 Å². The van der Waals surface area contributed by atoms with E-state index in [0.29, 0.717) is 25.1 Å². The highest BCUT2D eigenvalue weighted by Crippen LogP contribution is 2.20. The summed E-state index contributed by atoms with van der Waals surface area (Å²) in [6.07, 6.45) is 0.977. The van der Waals surface area contributed by atoms with Crippen molar-refractivity contribution in [1.82, 2.24) is 0 Å². The van der Waals surface area contributed by atoms with Crippen LogP contribution in [-0.4, -0.2) is 18.4 Å². The lowest BCUT2D eigenvalue weighted by Crippen LogP contribution is -2.14. The number of hydrogen-bond acceptors (Lipinski definition) is 3. The number of primary amides is 1. The highest BCUT2D eigenvalue weighted by Gasteiger charge is 2.08. The van der Waals surface area contributed by atoms with Crippen LogP contribution in [0, 0.1) is 0 Å². The molecule has 5 nitrogen and oxygen atoms in total. The van der Waals surface area contributed by atoms with E-state index in [9.17, 15) is 9.59 Å². The summed E-state index contributed by atoms with van der Waals surface area (Å²) in [6.45, 7) is 0.467. The van der Waals surface area contributed by atoms with E-state index in [4.69, 9.17) is 23.1 Å². The Hall–Kier alpha value is -1.59. The van der Waals surface area contributed by atoms with Gasteiger partial charge in [-0.25, -0.2) is 0 Å². The van der Waals surface area contributed by atoms with Gasteiger partial charge in [-0.15, -0.1) is 0 Å². The van der Waals surface area contributed by atoms with Crippen molar-refractivity contribution in [3.05, 3.63) is 28.8 Å². The Bertz CT molecular complexity index is 435. The fourth-order valence-electron chi connectivity index (χ4n) is 1.28. The summed E-state index contributed by atoms with van der Waals surface area (Å²) >= 11 is 5.84. The van der Waals surface area contributed by atoms with Crippen molar-refractivity contribution >= 4 is 29.1 Å². The molecule has 0 aliphatic carbocycles. The van der Waals surface area contributed by atoms with Gasteiger partial charge in [0.2, 0.25) is 11.8 Å². The van der Waals surface area contributed by atoms with Gasteiger partial charge in [0.15, 0.2) is 0 Å². The smallest absolute Gasteiger partial charge is 0.250 e. The third-order valence-corrected chi connectivity index (χ3v) is 2.44. The van der Waals surface area contributed by atoms with Crippen LogP contribution < -0.4 is 16.8 Å². The van der Waals surface area contributed by atoms with E-state index in [1.54, 1.807) is 6.07 Å². The van der Waals surface area contributed by atoms with Crippen LogP contribution in [-0.2, 0) is 4.79 Å². The number of nitrogens with one attached hydrogen (secondary N) is 1. The monoisotopic (exact) mass is 255 g/mol. The molecular weight excluding hydrogens is 242 g/mol. The molecule has 2 amide bonds. The first kappa shape index (κ1) is 13.5. The zero-order valence-electron chi connectivity index (χ0n) is 9.20. The Balaban J connectivity index is 2.70. The van der Waals surface area contributed by atoms with E-state index < -0.39 is 5.91 Å². The Morgan fingerprint density at radius 1 is 1.35 bits per heavy atom. The third kappa shape index (κ3) is 4.05. The Kier molecular flexibility index (Phi) is 4.93. The van der Waals surface area contributed by atoms with Crippen LogP contribution in [0.15, 0.2) is 18.2 Å². The van der Waals surface area contributed by atoms with Gasteiger partial charge in [-0.2, -0.15) is 0 Å². The van der Waals surface area contributed by atoms with Gasteiger partial charge in [-0.3, -0.25) is 9.59 Å². The van der Waals surface area contributed by atoms with E-state index in [1.807, 2.05) is 0 Å². The summed E-state index contributed by atoms with van der Waals surface area (Å²) in [5, 5.41) is 2.87. The van der Waals surface area contributed by atoms with E-state index in [-0.39, 0.29) is 16.5 Å². The number of nitrogens with two attached hydrogens (primary N) is 2. The first-order valence-electron chi connectivity index (χ1n) is 5.14. The lowest BCUT2D eigenvalue weighted by Gasteiger charge is -2.06. The fourth-order valence-corrected chi connectivity index (χ4v) is 1.55. The van der Waals surface area contributed by atoms with Crippen LogP contribution in [0.1, 0.15) is 23.2 Å². The van der Waals surface area contributed by atoms with Crippen LogP contribution in [0.25, 0.3) is 0 Å². The number of carbonyl (C=O) groups excluding carboxylic acids is 2. The molecule has 0 aromatic heterocycles. The Morgan fingerprint density at radius 2 is 2.06 bits per heavy atom. The molecule has 0 bridgehead atoms. The molecule has 1 aromatic rings. The molecule has 0 aliphatic heterocycles. The van der Waals surface area contributed by atoms with Gasteiger partial charge in [0.05, 0.1) is 10.6 Å². The maximum atomic E-state index is 11.4. The molecule has 0 spiro atoms. The van der Waals surface area contributed by atoms with Crippen molar-refractivity contribution in [1.29, 1.82) is 0 Å². The van der Waals surface area contributed by atoms with Crippen molar-refractivity contribution in [2.45, 2.75) is 12.8 Å². The maximum Gasteiger partial charge on any atom is 0.250 e. The quantitative estimate of drug-likeness (QED) is 0.735. The summed E-state index contributed by atoms with van der Waals surface area (Å²) in [4.78, 5) is 22.3. The van der Waals surface area contributed by atoms with Gasteiger partial charge in [0.25, 0.3) is 0 Å². The van der Waals surface area contributed by atoms with Gasteiger partial charge in [-0.05, 0) is 31.2 Å². The Labute approximate surface area is 104 Å². The Morgan fingerprint density at radius 3 is 2.59 bits per heavy atom. The van der Waals surface area contributed by atoms with E-state index in [1.165, 1.54) is 12.1 Å². The molecule has 0 unspecified atom stereocenters. The van der Waals surface area contributed by atoms with Crippen molar-refractivity contribution in [3.8, 4) is 0 Å². The molecule has 92 valence electrons. The lowest BCUT2D eigenvalue weighted by molar-refractivity contribution is -0.116. The van der Waals surface area contributed by atoms with Gasteiger partial charge < -0.3 is 16.8 Å². The zero-order valence-corrected chi connectivity index (χ0v) is 9.96. The van der Waals surface area contributed by atoms with Crippen molar-refractivity contribution < 1.29 is 9.59 Å².